The van der Waals surface area contributed by atoms with Crippen LogP contribution < -0.4 is 10.1 Å². The maximum absolute atomic E-state index is 12.9. The summed E-state index contributed by atoms with van der Waals surface area (Å²) in [5.74, 6) is -1.85. The summed E-state index contributed by atoms with van der Waals surface area (Å²) in [6.07, 6.45) is 2.16. The number of nitrogens with one attached hydrogen (secondary N) is 1. The van der Waals surface area contributed by atoms with Gasteiger partial charge < -0.3 is 14.2 Å². The Balaban J connectivity index is 1.67. The summed E-state index contributed by atoms with van der Waals surface area (Å²) in [5.41, 5.74) is 0.366. The third-order valence-corrected chi connectivity index (χ3v) is 5.05. The van der Waals surface area contributed by atoms with Gasteiger partial charge in [-0.2, -0.15) is 0 Å². The first-order chi connectivity index (χ1) is 14.0. The van der Waals surface area contributed by atoms with Crippen LogP contribution in [0, 0.1) is 0 Å². The molecule has 2 aliphatic heterocycles. The number of fused-ring (bicyclic) bond motifs is 1. The van der Waals surface area contributed by atoms with Crippen molar-refractivity contribution in [3.63, 3.8) is 0 Å². The Labute approximate surface area is 168 Å². The van der Waals surface area contributed by atoms with Crippen molar-refractivity contribution in [2.45, 2.75) is 44.4 Å². The number of hydrogen-bond acceptors (Lipinski definition) is 7. The van der Waals surface area contributed by atoms with E-state index in [2.05, 4.69) is 5.32 Å². The molecule has 0 aliphatic carbocycles. The number of unbranched alkanes of at least 4 members (excludes halogenated alkanes) is 1. The minimum absolute atomic E-state index is 0.0805. The van der Waals surface area contributed by atoms with Crippen LogP contribution in [0.2, 0.25) is 0 Å². The molecule has 1 fully saturated rings. The molecule has 0 aromatic heterocycles. The fraction of sp³-hybridized carbons (Fsp3) is 0.500. The van der Waals surface area contributed by atoms with E-state index in [1.54, 1.807) is 26.4 Å². The molecule has 2 heterocycles. The molecule has 3 rings (SSSR count). The number of amides is 4. The van der Waals surface area contributed by atoms with Gasteiger partial charge in [-0.25, -0.2) is 0 Å². The third-order valence-electron chi connectivity index (χ3n) is 5.05. The van der Waals surface area contributed by atoms with Gasteiger partial charge in [-0.15, -0.1) is 0 Å². The van der Waals surface area contributed by atoms with Crippen molar-refractivity contribution >= 4 is 23.6 Å². The highest BCUT2D eigenvalue weighted by Crippen LogP contribution is 2.33. The summed E-state index contributed by atoms with van der Waals surface area (Å²) in [7, 11) is 3.16. The SMILES string of the molecule is COC(CCCCOc1cccc2c1C(=O)N(C1CCC(=O)NC1=O)C2=O)OC. The van der Waals surface area contributed by atoms with Gasteiger partial charge in [0.2, 0.25) is 11.8 Å². The number of imide groups is 2. The summed E-state index contributed by atoms with van der Waals surface area (Å²) in [5, 5.41) is 2.18. The van der Waals surface area contributed by atoms with Crippen molar-refractivity contribution in [2.75, 3.05) is 20.8 Å². The van der Waals surface area contributed by atoms with Gasteiger partial charge in [-0.05, 0) is 37.8 Å². The van der Waals surface area contributed by atoms with E-state index in [-0.39, 0.29) is 30.3 Å². The Morgan fingerprint density at radius 3 is 2.55 bits per heavy atom. The van der Waals surface area contributed by atoms with E-state index in [0.29, 0.717) is 25.2 Å². The van der Waals surface area contributed by atoms with E-state index >= 15 is 0 Å². The Hall–Kier alpha value is -2.78. The summed E-state index contributed by atoms with van der Waals surface area (Å²) < 4.78 is 16.0. The molecule has 156 valence electrons. The van der Waals surface area contributed by atoms with Crippen LogP contribution >= 0.6 is 0 Å². The van der Waals surface area contributed by atoms with Crippen molar-refractivity contribution in [1.29, 1.82) is 0 Å². The maximum Gasteiger partial charge on any atom is 0.266 e. The molecule has 1 atom stereocenters. The number of methoxy groups -OCH3 is 2. The number of rotatable bonds is 9. The molecular formula is C20H24N2O7. The van der Waals surface area contributed by atoms with Crippen molar-refractivity contribution in [3.8, 4) is 5.75 Å². The maximum atomic E-state index is 12.9. The highest BCUT2D eigenvalue weighted by atomic mass is 16.7. The second kappa shape index (κ2) is 9.15. The lowest BCUT2D eigenvalue weighted by molar-refractivity contribution is -0.136. The third kappa shape index (κ3) is 4.30. The quantitative estimate of drug-likeness (QED) is 0.375. The number of carbonyl (C=O) groups excluding carboxylic acids is 4. The van der Waals surface area contributed by atoms with Crippen molar-refractivity contribution in [3.05, 3.63) is 29.3 Å². The van der Waals surface area contributed by atoms with E-state index in [4.69, 9.17) is 14.2 Å². The highest BCUT2D eigenvalue weighted by molar-refractivity contribution is 6.24. The zero-order chi connectivity index (χ0) is 21.0. The lowest BCUT2D eigenvalue weighted by atomic mass is 10.0. The van der Waals surface area contributed by atoms with Gasteiger partial charge in [-0.3, -0.25) is 29.4 Å². The van der Waals surface area contributed by atoms with Crippen LogP contribution in [0.3, 0.4) is 0 Å². The van der Waals surface area contributed by atoms with Gasteiger partial charge in [0.1, 0.15) is 11.8 Å². The van der Waals surface area contributed by atoms with Gasteiger partial charge in [0.05, 0.1) is 17.7 Å². The molecule has 4 amide bonds. The highest BCUT2D eigenvalue weighted by Gasteiger charge is 2.45. The van der Waals surface area contributed by atoms with E-state index < -0.39 is 29.7 Å². The normalized spacial score (nSPS) is 19.0. The predicted molar refractivity (Wildman–Crippen MR) is 100 cm³/mol. The average Bonchev–Trinajstić information content (AvgIpc) is 2.96. The largest absolute Gasteiger partial charge is 0.493 e. The molecule has 9 nitrogen and oxygen atoms in total. The molecule has 1 unspecified atom stereocenters. The Kier molecular flexibility index (Phi) is 6.60. The second-order valence-electron chi connectivity index (χ2n) is 6.87. The Morgan fingerprint density at radius 1 is 1.10 bits per heavy atom. The monoisotopic (exact) mass is 404 g/mol. The number of carbonyl (C=O) groups is 4. The molecule has 0 spiro atoms. The zero-order valence-electron chi connectivity index (χ0n) is 16.4. The van der Waals surface area contributed by atoms with E-state index in [0.717, 1.165) is 11.3 Å². The van der Waals surface area contributed by atoms with Gasteiger partial charge in [0.15, 0.2) is 6.29 Å². The van der Waals surface area contributed by atoms with Crippen molar-refractivity contribution in [2.24, 2.45) is 0 Å². The summed E-state index contributed by atoms with van der Waals surface area (Å²) in [6, 6.07) is 3.81. The van der Waals surface area contributed by atoms with Crippen LogP contribution in [0.15, 0.2) is 18.2 Å². The summed E-state index contributed by atoms with van der Waals surface area (Å²) in [6.45, 7) is 0.358. The van der Waals surface area contributed by atoms with Crippen LogP contribution in [0.4, 0.5) is 0 Å². The summed E-state index contributed by atoms with van der Waals surface area (Å²) in [4.78, 5) is 50.1. The zero-order valence-corrected chi connectivity index (χ0v) is 16.4. The van der Waals surface area contributed by atoms with Gasteiger partial charge in [0, 0.05) is 20.6 Å². The molecule has 1 N–H and O–H groups in total. The minimum Gasteiger partial charge on any atom is -0.493 e. The number of ether oxygens (including phenoxy) is 3. The van der Waals surface area contributed by atoms with Crippen LogP contribution in [0.25, 0.3) is 0 Å². The minimum atomic E-state index is -0.993. The van der Waals surface area contributed by atoms with Gasteiger partial charge in [0.25, 0.3) is 11.8 Å². The Morgan fingerprint density at radius 2 is 1.86 bits per heavy atom. The number of piperidine rings is 1. The molecule has 29 heavy (non-hydrogen) atoms. The average molecular weight is 404 g/mol. The lowest BCUT2D eigenvalue weighted by Crippen LogP contribution is -2.54. The molecule has 0 saturated carbocycles. The number of benzene rings is 1. The fourth-order valence-electron chi connectivity index (χ4n) is 3.53. The Bertz CT molecular complexity index is 819. The molecule has 9 heteroatoms. The van der Waals surface area contributed by atoms with Gasteiger partial charge >= 0.3 is 0 Å². The van der Waals surface area contributed by atoms with Crippen LogP contribution in [-0.2, 0) is 19.1 Å². The molecule has 1 aromatic rings. The number of nitrogens with zero attached hydrogens (tertiary/aromatic N) is 1. The van der Waals surface area contributed by atoms with Crippen LogP contribution in [-0.4, -0.2) is 61.7 Å². The molecular weight excluding hydrogens is 380 g/mol. The molecule has 0 bridgehead atoms. The van der Waals surface area contributed by atoms with E-state index in [1.807, 2.05) is 0 Å². The smallest absolute Gasteiger partial charge is 0.266 e. The lowest BCUT2D eigenvalue weighted by Gasteiger charge is -2.27. The molecule has 1 aromatic carbocycles. The predicted octanol–water partition coefficient (Wildman–Crippen LogP) is 1.26. The van der Waals surface area contributed by atoms with E-state index in [1.165, 1.54) is 6.07 Å². The van der Waals surface area contributed by atoms with E-state index in [9.17, 15) is 19.2 Å². The standard InChI is InChI=1S/C20H24N2O7/c1-27-16(28-2)8-3-4-11-29-14-7-5-6-12-17(14)20(26)22(19(12)25)13-9-10-15(23)21-18(13)24/h5-7,13,16H,3-4,8-11H2,1-2H3,(H,21,23,24). The van der Waals surface area contributed by atoms with Gasteiger partial charge in [-0.1, -0.05) is 6.07 Å². The van der Waals surface area contributed by atoms with Crippen molar-refractivity contribution < 1.29 is 33.4 Å². The second-order valence-corrected chi connectivity index (χ2v) is 6.87. The van der Waals surface area contributed by atoms with Crippen LogP contribution in [0.1, 0.15) is 52.8 Å². The first kappa shape index (κ1) is 20.9. The molecule has 1 saturated heterocycles. The first-order valence-electron chi connectivity index (χ1n) is 9.51. The summed E-state index contributed by atoms with van der Waals surface area (Å²) >= 11 is 0. The molecule has 2 aliphatic rings. The van der Waals surface area contributed by atoms with Crippen LogP contribution in [0.5, 0.6) is 5.75 Å². The van der Waals surface area contributed by atoms with Crippen molar-refractivity contribution in [1.82, 2.24) is 10.2 Å². The topological polar surface area (TPSA) is 111 Å². The first-order valence-corrected chi connectivity index (χ1v) is 9.51. The molecule has 0 radical (unpaired) electrons. The number of hydrogen-bond donors (Lipinski definition) is 1. The fourth-order valence-corrected chi connectivity index (χ4v) is 3.53.